The van der Waals surface area contributed by atoms with Gasteiger partial charge in [0.25, 0.3) is 0 Å². The molecule has 2 nitrogen and oxygen atoms in total. The summed E-state index contributed by atoms with van der Waals surface area (Å²) in [6, 6.07) is 0. The van der Waals surface area contributed by atoms with Gasteiger partial charge in [-0.15, -0.1) is 0 Å². The van der Waals surface area contributed by atoms with Crippen molar-refractivity contribution in [2.45, 2.75) is 19.4 Å². The molecule has 0 N–H and O–H groups in total. The van der Waals surface area contributed by atoms with E-state index in [1.54, 1.807) is 0 Å². The van der Waals surface area contributed by atoms with Crippen molar-refractivity contribution >= 4 is 0 Å². The molecule has 0 radical (unpaired) electrons. The molecular weight excluding hydrogens is 104 g/mol. The smallest absolute Gasteiger partial charge is 0.0831 e. The zero-order valence-electron chi connectivity index (χ0n) is 5.22. The Morgan fingerprint density at radius 3 is 3.00 bits per heavy atom. The van der Waals surface area contributed by atoms with Crippen LogP contribution in [-0.2, 0) is 9.47 Å². The Morgan fingerprint density at radius 2 is 2.50 bits per heavy atom. The highest BCUT2D eigenvalue weighted by Crippen LogP contribution is 2.12. The molecule has 0 spiro atoms. The fourth-order valence-electron chi connectivity index (χ4n) is 0.594. The zero-order valence-corrected chi connectivity index (χ0v) is 5.22. The number of hydrogen-bond acceptors (Lipinski definition) is 2. The summed E-state index contributed by atoms with van der Waals surface area (Å²) in [6.45, 7) is 4.65. The molecule has 1 atom stereocenters. The maximum Gasteiger partial charge on any atom is 0.0831 e. The number of ether oxygens (including phenoxy) is 2. The Hall–Kier alpha value is -0.0800. The van der Waals surface area contributed by atoms with Gasteiger partial charge in [-0.25, -0.2) is 0 Å². The molecule has 1 heterocycles. The van der Waals surface area contributed by atoms with Crippen LogP contribution in [0.25, 0.3) is 0 Å². The van der Waals surface area contributed by atoms with E-state index in [0.29, 0.717) is 6.10 Å². The van der Waals surface area contributed by atoms with Crippen LogP contribution in [0.5, 0.6) is 0 Å². The minimum absolute atomic E-state index is 0.529. The van der Waals surface area contributed by atoms with E-state index in [4.69, 9.17) is 9.47 Å². The summed E-state index contributed by atoms with van der Waals surface area (Å²) < 4.78 is 10.1. The van der Waals surface area contributed by atoms with E-state index in [2.05, 4.69) is 0 Å². The second kappa shape index (κ2) is 3.05. The van der Waals surface area contributed by atoms with Crippen LogP contribution >= 0.6 is 0 Å². The van der Waals surface area contributed by atoms with Crippen molar-refractivity contribution in [3.63, 3.8) is 0 Å². The molecule has 8 heavy (non-hydrogen) atoms. The molecule has 0 aliphatic carbocycles. The molecule has 0 amide bonds. The molecule has 0 aromatic heterocycles. The van der Waals surface area contributed by atoms with Gasteiger partial charge in [-0.3, -0.25) is 0 Å². The summed E-state index contributed by atoms with van der Waals surface area (Å²) in [5.41, 5.74) is 0. The van der Waals surface area contributed by atoms with E-state index in [1.807, 2.05) is 6.92 Å². The first-order valence-electron chi connectivity index (χ1n) is 3.13. The van der Waals surface area contributed by atoms with Crippen LogP contribution in [-0.4, -0.2) is 25.9 Å². The third kappa shape index (κ3) is 2.28. The van der Waals surface area contributed by atoms with E-state index in [9.17, 15) is 0 Å². The lowest BCUT2D eigenvalue weighted by Crippen LogP contribution is -1.96. The highest BCUT2D eigenvalue weighted by Gasteiger charge is 2.21. The average molecular weight is 116 g/mol. The van der Waals surface area contributed by atoms with E-state index < -0.39 is 0 Å². The summed E-state index contributed by atoms with van der Waals surface area (Å²) in [6.07, 6.45) is 1.61. The lowest BCUT2D eigenvalue weighted by Gasteiger charge is -1.94. The fraction of sp³-hybridized carbons (Fsp3) is 1.00. The van der Waals surface area contributed by atoms with Gasteiger partial charge in [-0.2, -0.15) is 0 Å². The van der Waals surface area contributed by atoms with Crippen LogP contribution in [0, 0.1) is 0 Å². The Bertz CT molecular complexity index is 59.5. The lowest BCUT2D eigenvalue weighted by molar-refractivity contribution is 0.138. The summed E-state index contributed by atoms with van der Waals surface area (Å²) >= 11 is 0. The van der Waals surface area contributed by atoms with Gasteiger partial charge in [0.1, 0.15) is 0 Å². The number of rotatable bonds is 4. The Kier molecular flexibility index (Phi) is 2.30. The van der Waals surface area contributed by atoms with Crippen LogP contribution in [0.3, 0.4) is 0 Å². The topological polar surface area (TPSA) is 21.8 Å². The maximum atomic E-state index is 5.10. The molecule has 1 saturated heterocycles. The number of epoxide rings is 1. The first-order chi connectivity index (χ1) is 3.93. The predicted molar refractivity (Wildman–Crippen MR) is 30.8 cm³/mol. The zero-order chi connectivity index (χ0) is 5.82. The molecule has 0 bridgehead atoms. The molecular formula is C6H12O2. The summed E-state index contributed by atoms with van der Waals surface area (Å²) in [4.78, 5) is 0. The summed E-state index contributed by atoms with van der Waals surface area (Å²) in [5.74, 6) is 0. The maximum absolute atomic E-state index is 5.10. The minimum atomic E-state index is 0.529. The largest absolute Gasteiger partial charge is 0.382 e. The van der Waals surface area contributed by atoms with Crippen LogP contribution < -0.4 is 0 Å². The highest BCUT2D eigenvalue weighted by molar-refractivity contribution is 4.67. The monoisotopic (exact) mass is 116 g/mol. The first kappa shape index (κ1) is 6.05. The van der Waals surface area contributed by atoms with Crippen LogP contribution in [0.1, 0.15) is 13.3 Å². The Labute approximate surface area is 49.8 Å². The van der Waals surface area contributed by atoms with Crippen molar-refractivity contribution in [2.24, 2.45) is 0 Å². The van der Waals surface area contributed by atoms with Gasteiger partial charge in [0, 0.05) is 13.2 Å². The Balaban J connectivity index is 1.74. The van der Waals surface area contributed by atoms with E-state index in [1.165, 1.54) is 0 Å². The normalized spacial score (nSPS) is 25.9. The average Bonchev–Trinajstić information content (AvgIpc) is 2.51. The predicted octanol–water partition coefficient (Wildman–Crippen LogP) is 0.812. The van der Waals surface area contributed by atoms with Gasteiger partial charge >= 0.3 is 0 Å². The molecule has 0 saturated carbocycles. The van der Waals surface area contributed by atoms with Crippen molar-refractivity contribution in [1.82, 2.24) is 0 Å². The van der Waals surface area contributed by atoms with Crippen molar-refractivity contribution < 1.29 is 9.47 Å². The van der Waals surface area contributed by atoms with Gasteiger partial charge < -0.3 is 9.47 Å². The highest BCUT2D eigenvalue weighted by atomic mass is 16.6. The molecule has 1 rings (SSSR count). The summed E-state index contributed by atoms with van der Waals surface area (Å²) in [7, 11) is 0. The lowest BCUT2D eigenvalue weighted by atomic mass is 10.3. The Morgan fingerprint density at radius 1 is 1.75 bits per heavy atom. The molecule has 0 aromatic carbocycles. The second-order valence-electron chi connectivity index (χ2n) is 1.94. The van der Waals surface area contributed by atoms with E-state index >= 15 is 0 Å². The quantitative estimate of drug-likeness (QED) is 0.400. The van der Waals surface area contributed by atoms with Crippen LogP contribution in [0.4, 0.5) is 0 Å². The van der Waals surface area contributed by atoms with Crippen LogP contribution in [0.15, 0.2) is 0 Å². The van der Waals surface area contributed by atoms with Gasteiger partial charge in [-0.05, 0) is 13.3 Å². The van der Waals surface area contributed by atoms with Gasteiger partial charge in [0.05, 0.1) is 12.7 Å². The molecule has 1 fully saturated rings. The molecule has 1 aliphatic heterocycles. The summed E-state index contributed by atoms with van der Waals surface area (Å²) in [5, 5.41) is 0. The van der Waals surface area contributed by atoms with Crippen molar-refractivity contribution in [1.29, 1.82) is 0 Å². The molecule has 1 aliphatic rings. The molecule has 0 unspecified atom stereocenters. The van der Waals surface area contributed by atoms with Crippen molar-refractivity contribution in [3.8, 4) is 0 Å². The SMILES string of the molecule is CCOCC[C@@H]1CO1. The molecule has 48 valence electrons. The second-order valence-corrected chi connectivity index (χ2v) is 1.94. The van der Waals surface area contributed by atoms with Crippen molar-refractivity contribution in [2.75, 3.05) is 19.8 Å². The third-order valence-electron chi connectivity index (χ3n) is 1.19. The first-order valence-corrected chi connectivity index (χ1v) is 3.13. The standard InChI is InChI=1S/C6H12O2/c1-2-7-4-3-6-5-8-6/h6H,2-5H2,1H3/t6-/m1/s1. The van der Waals surface area contributed by atoms with Crippen molar-refractivity contribution in [3.05, 3.63) is 0 Å². The van der Waals surface area contributed by atoms with E-state index in [0.717, 1.165) is 26.2 Å². The van der Waals surface area contributed by atoms with Crippen LogP contribution in [0.2, 0.25) is 0 Å². The molecule has 0 aromatic rings. The molecule has 2 heteroatoms. The van der Waals surface area contributed by atoms with E-state index in [-0.39, 0.29) is 0 Å². The third-order valence-corrected chi connectivity index (χ3v) is 1.19. The minimum Gasteiger partial charge on any atom is -0.382 e. The van der Waals surface area contributed by atoms with Gasteiger partial charge in [-0.1, -0.05) is 0 Å². The number of hydrogen-bond donors (Lipinski definition) is 0. The van der Waals surface area contributed by atoms with Gasteiger partial charge in [0.15, 0.2) is 0 Å². The fourth-order valence-corrected chi connectivity index (χ4v) is 0.594. The van der Waals surface area contributed by atoms with Gasteiger partial charge in [0.2, 0.25) is 0 Å².